The molecule has 1 fully saturated rings. The number of nitrogens with zero attached hydrogens (tertiary/aromatic N) is 1. The van der Waals surface area contributed by atoms with E-state index in [9.17, 15) is 4.79 Å². The number of nitrogens with one attached hydrogen (secondary N) is 1. The van der Waals surface area contributed by atoms with Crippen molar-refractivity contribution in [2.75, 3.05) is 19.6 Å². The van der Waals surface area contributed by atoms with Crippen molar-refractivity contribution < 1.29 is 14.3 Å². The van der Waals surface area contributed by atoms with Crippen LogP contribution in [0.1, 0.15) is 49.0 Å². The maximum atomic E-state index is 10.8. The van der Waals surface area contributed by atoms with Crippen molar-refractivity contribution in [2.45, 2.75) is 38.8 Å². The first-order chi connectivity index (χ1) is 9.08. The molecule has 19 heavy (non-hydrogen) atoms. The van der Waals surface area contributed by atoms with Crippen LogP contribution < -0.4 is 5.32 Å². The maximum absolute atomic E-state index is 10.8. The Labute approximate surface area is 113 Å². The summed E-state index contributed by atoms with van der Waals surface area (Å²) < 4.78 is 5.29. The van der Waals surface area contributed by atoms with Crippen LogP contribution in [0, 0.1) is 0 Å². The van der Waals surface area contributed by atoms with E-state index in [0.29, 0.717) is 11.8 Å². The number of carbonyl (C=O) groups is 1. The molecule has 2 heterocycles. The fraction of sp³-hybridized carbons (Fsp3) is 0.643. The highest BCUT2D eigenvalue weighted by atomic mass is 16.4. The second-order valence-corrected chi connectivity index (χ2v) is 5.23. The Hall–Kier alpha value is -1.33. The van der Waals surface area contributed by atoms with Gasteiger partial charge >= 0.3 is 5.97 Å². The molecule has 1 saturated heterocycles. The quantitative estimate of drug-likeness (QED) is 0.825. The molecule has 5 heteroatoms. The molecule has 1 aromatic heterocycles. The number of rotatable bonds is 6. The van der Waals surface area contributed by atoms with E-state index < -0.39 is 5.97 Å². The first-order valence-electron chi connectivity index (χ1n) is 6.88. The molecule has 0 radical (unpaired) electrons. The molecule has 0 spiro atoms. The lowest BCUT2D eigenvalue weighted by molar-refractivity contribution is 0.0659. The van der Waals surface area contributed by atoms with Crippen molar-refractivity contribution in [3.05, 3.63) is 23.7 Å². The van der Waals surface area contributed by atoms with E-state index in [1.807, 2.05) is 6.92 Å². The smallest absolute Gasteiger partial charge is 0.371 e. The van der Waals surface area contributed by atoms with Crippen molar-refractivity contribution in [1.29, 1.82) is 0 Å². The molecule has 1 aromatic rings. The van der Waals surface area contributed by atoms with E-state index >= 15 is 0 Å². The SMILES string of the molecule is CC(NCC(C)N1CCCC1)c1ccc(C(=O)O)o1. The van der Waals surface area contributed by atoms with Crippen molar-refractivity contribution in [3.8, 4) is 0 Å². The molecule has 2 N–H and O–H groups in total. The average molecular weight is 266 g/mol. The average Bonchev–Trinajstić information content (AvgIpc) is 3.05. The van der Waals surface area contributed by atoms with Crippen LogP contribution in [0.3, 0.4) is 0 Å². The highest BCUT2D eigenvalue weighted by Crippen LogP contribution is 2.17. The zero-order valence-corrected chi connectivity index (χ0v) is 11.6. The molecule has 2 unspecified atom stereocenters. The highest BCUT2D eigenvalue weighted by Gasteiger charge is 2.19. The summed E-state index contributed by atoms with van der Waals surface area (Å²) in [6.45, 7) is 7.45. The second-order valence-electron chi connectivity index (χ2n) is 5.23. The molecule has 5 nitrogen and oxygen atoms in total. The normalized spacial score (nSPS) is 19.5. The van der Waals surface area contributed by atoms with E-state index in [1.165, 1.54) is 32.0 Å². The number of aromatic carboxylic acids is 1. The third-order valence-corrected chi connectivity index (χ3v) is 3.75. The van der Waals surface area contributed by atoms with Gasteiger partial charge in [0.15, 0.2) is 0 Å². The minimum absolute atomic E-state index is 0.00348. The van der Waals surface area contributed by atoms with Crippen molar-refractivity contribution in [2.24, 2.45) is 0 Å². The number of furan rings is 1. The van der Waals surface area contributed by atoms with Gasteiger partial charge in [-0.25, -0.2) is 4.79 Å². The maximum Gasteiger partial charge on any atom is 0.371 e. The summed E-state index contributed by atoms with van der Waals surface area (Å²) in [6, 6.07) is 3.75. The van der Waals surface area contributed by atoms with Gasteiger partial charge in [0.2, 0.25) is 5.76 Å². The summed E-state index contributed by atoms with van der Waals surface area (Å²) in [5.41, 5.74) is 0. The molecular weight excluding hydrogens is 244 g/mol. The largest absolute Gasteiger partial charge is 0.475 e. The number of hydrogen-bond donors (Lipinski definition) is 2. The molecule has 106 valence electrons. The molecule has 2 rings (SSSR count). The van der Waals surface area contributed by atoms with Gasteiger partial charge in [0.05, 0.1) is 6.04 Å². The molecule has 1 aliphatic heterocycles. The predicted octanol–water partition coefficient (Wildman–Crippen LogP) is 2.11. The van der Waals surface area contributed by atoms with E-state index in [2.05, 4.69) is 17.1 Å². The van der Waals surface area contributed by atoms with E-state index in [-0.39, 0.29) is 11.8 Å². The summed E-state index contributed by atoms with van der Waals surface area (Å²) in [5, 5.41) is 12.2. The zero-order chi connectivity index (χ0) is 13.8. The van der Waals surface area contributed by atoms with Crippen LogP contribution in [0.15, 0.2) is 16.5 Å². The molecule has 2 atom stereocenters. The first kappa shape index (κ1) is 14.1. The molecule has 0 amide bonds. The Kier molecular flexibility index (Phi) is 4.61. The Morgan fingerprint density at radius 2 is 2.11 bits per heavy atom. The summed E-state index contributed by atoms with van der Waals surface area (Å²) in [6.07, 6.45) is 2.58. The number of carboxylic acid groups (broad SMARTS) is 1. The van der Waals surface area contributed by atoms with Gasteiger partial charge in [-0.1, -0.05) is 0 Å². The van der Waals surface area contributed by atoms with Gasteiger partial charge in [-0.3, -0.25) is 4.90 Å². The molecule has 0 saturated carbocycles. The van der Waals surface area contributed by atoms with Crippen LogP contribution >= 0.6 is 0 Å². The molecule has 1 aliphatic rings. The predicted molar refractivity (Wildman–Crippen MR) is 72.4 cm³/mol. The van der Waals surface area contributed by atoms with Crippen molar-refractivity contribution in [3.63, 3.8) is 0 Å². The van der Waals surface area contributed by atoms with Gasteiger partial charge in [-0.2, -0.15) is 0 Å². The van der Waals surface area contributed by atoms with Crippen LogP contribution in [0.25, 0.3) is 0 Å². The summed E-state index contributed by atoms with van der Waals surface area (Å²) >= 11 is 0. The van der Waals surface area contributed by atoms with Gasteiger partial charge in [-0.15, -0.1) is 0 Å². The lowest BCUT2D eigenvalue weighted by Gasteiger charge is -2.25. The minimum Gasteiger partial charge on any atom is -0.475 e. The Morgan fingerprint density at radius 3 is 2.68 bits per heavy atom. The fourth-order valence-electron chi connectivity index (χ4n) is 2.46. The number of carboxylic acids is 1. The molecule has 0 bridgehead atoms. The van der Waals surface area contributed by atoms with Gasteiger partial charge in [0, 0.05) is 12.6 Å². The molecule has 0 aliphatic carbocycles. The highest BCUT2D eigenvalue weighted by molar-refractivity contribution is 5.84. The van der Waals surface area contributed by atoms with Crippen LogP contribution in [0.4, 0.5) is 0 Å². The third-order valence-electron chi connectivity index (χ3n) is 3.75. The van der Waals surface area contributed by atoms with Crippen LogP contribution in [-0.2, 0) is 0 Å². The summed E-state index contributed by atoms with van der Waals surface area (Å²) in [4.78, 5) is 13.2. The van der Waals surface area contributed by atoms with Crippen LogP contribution in [-0.4, -0.2) is 41.7 Å². The van der Waals surface area contributed by atoms with Crippen LogP contribution in [0.5, 0.6) is 0 Å². The number of hydrogen-bond acceptors (Lipinski definition) is 4. The number of likely N-dealkylation sites (tertiary alicyclic amines) is 1. The third kappa shape index (κ3) is 3.58. The van der Waals surface area contributed by atoms with Gasteiger partial charge in [0.1, 0.15) is 5.76 Å². The van der Waals surface area contributed by atoms with Crippen LogP contribution in [0.2, 0.25) is 0 Å². The topological polar surface area (TPSA) is 65.7 Å². The lowest BCUT2D eigenvalue weighted by atomic mass is 10.2. The second kappa shape index (κ2) is 6.21. The standard InChI is InChI=1S/C14H22N2O3/c1-10(16-7-3-4-8-16)9-15-11(2)12-5-6-13(19-12)14(17)18/h5-6,10-11,15H,3-4,7-9H2,1-2H3,(H,17,18). The van der Waals surface area contributed by atoms with Gasteiger partial charge in [-0.05, 0) is 51.9 Å². The molecule has 0 aromatic carbocycles. The van der Waals surface area contributed by atoms with Gasteiger partial charge < -0.3 is 14.8 Å². The molecular formula is C14H22N2O3. The lowest BCUT2D eigenvalue weighted by Crippen LogP contribution is -2.39. The minimum atomic E-state index is -1.02. The zero-order valence-electron chi connectivity index (χ0n) is 11.6. The summed E-state index contributed by atoms with van der Waals surface area (Å²) in [7, 11) is 0. The fourth-order valence-corrected chi connectivity index (χ4v) is 2.46. The Balaban J connectivity index is 1.82. The Morgan fingerprint density at radius 1 is 1.42 bits per heavy atom. The first-order valence-corrected chi connectivity index (χ1v) is 6.88. The Bertz CT molecular complexity index is 424. The van der Waals surface area contributed by atoms with E-state index in [0.717, 1.165) is 6.54 Å². The summed E-state index contributed by atoms with van der Waals surface area (Å²) in [5.74, 6) is -0.355. The van der Waals surface area contributed by atoms with E-state index in [4.69, 9.17) is 9.52 Å². The van der Waals surface area contributed by atoms with Crippen molar-refractivity contribution >= 4 is 5.97 Å². The van der Waals surface area contributed by atoms with Crippen molar-refractivity contribution in [1.82, 2.24) is 10.2 Å². The van der Waals surface area contributed by atoms with E-state index in [1.54, 1.807) is 6.07 Å². The van der Waals surface area contributed by atoms with Gasteiger partial charge in [0.25, 0.3) is 0 Å². The monoisotopic (exact) mass is 266 g/mol.